The summed E-state index contributed by atoms with van der Waals surface area (Å²) in [5.41, 5.74) is 8.94. The van der Waals surface area contributed by atoms with Crippen molar-refractivity contribution in [2.24, 2.45) is 5.73 Å². The van der Waals surface area contributed by atoms with Gasteiger partial charge in [-0.1, -0.05) is 6.07 Å². The highest BCUT2D eigenvalue weighted by molar-refractivity contribution is 7.92. The van der Waals surface area contributed by atoms with Crippen LogP contribution in [-0.2, 0) is 16.6 Å². The van der Waals surface area contributed by atoms with Crippen LogP contribution in [0.1, 0.15) is 22.8 Å². The predicted octanol–water partition coefficient (Wildman–Crippen LogP) is 1.89. The van der Waals surface area contributed by atoms with Crippen LogP contribution in [0.4, 0.5) is 23.1 Å². The fourth-order valence-corrected chi connectivity index (χ4v) is 4.94. The summed E-state index contributed by atoms with van der Waals surface area (Å²) in [5.74, 6) is -0.130. The molecule has 5 rings (SSSR count). The third-order valence-corrected chi connectivity index (χ3v) is 7.62. The van der Waals surface area contributed by atoms with E-state index < -0.39 is 15.9 Å². The van der Waals surface area contributed by atoms with E-state index in [0.717, 1.165) is 37.6 Å². The molecule has 4 aromatic rings. The fraction of sp³-hybridized carbons (Fsp3) is 0.280. The van der Waals surface area contributed by atoms with Gasteiger partial charge in [-0.15, -0.1) is 0 Å². The van der Waals surface area contributed by atoms with Gasteiger partial charge in [0.1, 0.15) is 11.5 Å². The van der Waals surface area contributed by atoms with Crippen LogP contribution in [0, 0.1) is 0 Å². The fourth-order valence-electron chi connectivity index (χ4n) is 4.31. The highest BCUT2D eigenvalue weighted by Gasteiger charge is 2.18. The van der Waals surface area contributed by atoms with Gasteiger partial charge in [-0.05, 0) is 37.3 Å². The van der Waals surface area contributed by atoms with Gasteiger partial charge in [-0.25, -0.2) is 18.4 Å². The van der Waals surface area contributed by atoms with Gasteiger partial charge >= 0.3 is 0 Å². The van der Waals surface area contributed by atoms with E-state index in [4.69, 9.17) is 5.73 Å². The van der Waals surface area contributed by atoms with Crippen molar-refractivity contribution in [3.63, 3.8) is 0 Å². The third kappa shape index (κ3) is 5.53. The zero-order chi connectivity index (χ0) is 26.7. The molecular weight excluding hydrogens is 506 g/mol. The number of sulfonamides is 1. The van der Waals surface area contributed by atoms with Crippen molar-refractivity contribution in [2.45, 2.75) is 13.5 Å². The largest absolute Gasteiger partial charge is 0.369 e. The van der Waals surface area contributed by atoms with Gasteiger partial charge in [0.05, 0.1) is 23.2 Å². The number of amides is 1. The quantitative estimate of drug-likeness (QED) is 0.251. The lowest BCUT2D eigenvalue weighted by Crippen LogP contribution is -2.43. The van der Waals surface area contributed by atoms with E-state index in [2.05, 4.69) is 47.3 Å². The molecule has 0 aliphatic carbocycles. The minimum absolute atomic E-state index is 0.0836. The molecule has 0 bridgehead atoms. The summed E-state index contributed by atoms with van der Waals surface area (Å²) in [5, 5.41) is 7.07. The van der Waals surface area contributed by atoms with Gasteiger partial charge in [-0.2, -0.15) is 4.98 Å². The highest BCUT2D eigenvalue weighted by Crippen LogP contribution is 2.25. The Bertz CT molecular complexity index is 1560. The maximum absolute atomic E-state index is 12.2. The molecule has 1 fully saturated rings. The van der Waals surface area contributed by atoms with Crippen molar-refractivity contribution in [1.29, 1.82) is 0 Å². The summed E-state index contributed by atoms with van der Waals surface area (Å²) < 4.78 is 28.6. The number of nitrogens with zero attached hydrogens (tertiary/aromatic N) is 5. The van der Waals surface area contributed by atoms with Crippen LogP contribution in [0.2, 0.25) is 0 Å². The maximum Gasteiger partial charge on any atom is 0.250 e. The van der Waals surface area contributed by atoms with Crippen LogP contribution in [0.25, 0.3) is 11.0 Å². The number of piperazine rings is 1. The van der Waals surface area contributed by atoms with Gasteiger partial charge in [0.2, 0.25) is 16.0 Å². The second-order valence-corrected chi connectivity index (χ2v) is 10.9. The number of aromatic nitrogens is 4. The molecule has 0 saturated carbocycles. The number of rotatable bonds is 9. The van der Waals surface area contributed by atoms with Gasteiger partial charge in [0, 0.05) is 61.7 Å². The standard InChI is InChI=1S/C25H29N9O3S/c1-2-38(36,37)32-23-17(4-3-9-28-23)15-34-16-21(22(26)35)20-14-29-25(31-24(20)34)30-18-5-7-19(8-6-18)33-12-10-27-11-13-33/h3-9,14,16,27H,2,10-13,15H2,1H3,(H2,26,35)(H,28,32)(H,29,30,31). The Balaban J connectivity index is 1.44. The van der Waals surface area contributed by atoms with Crippen molar-refractivity contribution >= 4 is 50.1 Å². The molecule has 12 nitrogen and oxygen atoms in total. The number of anilines is 4. The lowest BCUT2D eigenvalue weighted by Gasteiger charge is -2.29. The first-order valence-electron chi connectivity index (χ1n) is 12.3. The Hall–Kier alpha value is -4.23. The summed E-state index contributed by atoms with van der Waals surface area (Å²) in [6.07, 6.45) is 4.66. The van der Waals surface area contributed by atoms with E-state index in [0.29, 0.717) is 22.5 Å². The number of hydrogen-bond acceptors (Lipinski definition) is 9. The van der Waals surface area contributed by atoms with E-state index in [1.807, 2.05) is 12.1 Å². The Morgan fingerprint density at radius 2 is 1.89 bits per heavy atom. The van der Waals surface area contributed by atoms with Crippen molar-refractivity contribution in [3.8, 4) is 0 Å². The lowest BCUT2D eigenvalue weighted by atomic mass is 10.2. The van der Waals surface area contributed by atoms with E-state index in [1.54, 1.807) is 36.0 Å². The van der Waals surface area contributed by atoms with E-state index in [9.17, 15) is 13.2 Å². The molecular formula is C25H29N9O3S. The molecule has 1 aromatic carbocycles. The van der Waals surface area contributed by atoms with Gasteiger partial charge in [-0.3, -0.25) is 9.52 Å². The maximum atomic E-state index is 12.2. The zero-order valence-corrected chi connectivity index (χ0v) is 21.7. The second kappa shape index (κ2) is 10.6. The number of nitrogens with one attached hydrogen (secondary N) is 3. The molecule has 0 radical (unpaired) electrons. The van der Waals surface area contributed by atoms with Gasteiger partial charge in [0.15, 0.2) is 0 Å². The normalized spacial score (nSPS) is 14.0. The average Bonchev–Trinajstić information content (AvgIpc) is 3.28. The topological polar surface area (TPSA) is 160 Å². The number of nitrogens with two attached hydrogens (primary N) is 1. The number of fused-ring (bicyclic) bond motifs is 1. The molecule has 4 heterocycles. The highest BCUT2D eigenvalue weighted by atomic mass is 32.2. The van der Waals surface area contributed by atoms with Crippen LogP contribution in [0.15, 0.2) is 55.0 Å². The SMILES string of the molecule is CCS(=O)(=O)Nc1ncccc1Cn1cc(C(N)=O)c2cnc(Nc3ccc(N4CCNCC4)cc3)nc21. The summed E-state index contributed by atoms with van der Waals surface area (Å²) in [6, 6.07) is 11.5. The first-order valence-corrected chi connectivity index (χ1v) is 13.9. The van der Waals surface area contributed by atoms with Crippen molar-refractivity contribution in [2.75, 3.05) is 46.9 Å². The van der Waals surface area contributed by atoms with Crippen LogP contribution in [-0.4, -0.2) is 65.8 Å². The van der Waals surface area contributed by atoms with Crippen LogP contribution >= 0.6 is 0 Å². The third-order valence-electron chi connectivity index (χ3n) is 6.35. The molecule has 1 aliphatic rings. The molecule has 0 atom stereocenters. The molecule has 3 aromatic heterocycles. The van der Waals surface area contributed by atoms with E-state index in [1.165, 1.54) is 6.20 Å². The molecule has 198 valence electrons. The Morgan fingerprint density at radius 3 is 2.61 bits per heavy atom. The molecule has 0 spiro atoms. The molecule has 1 saturated heterocycles. The number of carbonyl (C=O) groups is 1. The number of pyridine rings is 1. The smallest absolute Gasteiger partial charge is 0.250 e. The summed E-state index contributed by atoms with van der Waals surface area (Å²) >= 11 is 0. The first kappa shape index (κ1) is 25.4. The number of benzene rings is 1. The Morgan fingerprint density at radius 1 is 1.13 bits per heavy atom. The van der Waals surface area contributed by atoms with E-state index in [-0.39, 0.29) is 23.7 Å². The predicted molar refractivity (Wildman–Crippen MR) is 147 cm³/mol. The zero-order valence-electron chi connectivity index (χ0n) is 20.9. The van der Waals surface area contributed by atoms with Crippen LogP contribution in [0.5, 0.6) is 0 Å². The summed E-state index contributed by atoms with van der Waals surface area (Å²) in [7, 11) is -3.53. The second-order valence-electron chi connectivity index (χ2n) is 8.89. The Kier molecular flexibility index (Phi) is 7.11. The van der Waals surface area contributed by atoms with Crippen molar-refractivity contribution < 1.29 is 13.2 Å². The lowest BCUT2D eigenvalue weighted by molar-refractivity contribution is 0.100. The molecule has 1 aliphatic heterocycles. The number of carbonyl (C=O) groups excluding carboxylic acids is 1. The van der Waals surface area contributed by atoms with E-state index >= 15 is 0 Å². The van der Waals surface area contributed by atoms with Crippen LogP contribution in [0.3, 0.4) is 0 Å². The first-order chi connectivity index (χ1) is 18.3. The molecule has 13 heteroatoms. The molecule has 5 N–H and O–H groups in total. The number of primary amides is 1. The van der Waals surface area contributed by atoms with Crippen molar-refractivity contribution in [1.82, 2.24) is 24.8 Å². The molecule has 0 unspecified atom stereocenters. The summed E-state index contributed by atoms with van der Waals surface area (Å²) in [6.45, 7) is 5.61. The van der Waals surface area contributed by atoms with Gasteiger partial charge in [0.25, 0.3) is 5.91 Å². The molecule has 1 amide bonds. The minimum atomic E-state index is -3.53. The summed E-state index contributed by atoms with van der Waals surface area (Å²) in [4.78, 5) is 27.7. The van der Waals surface area contributed by atoms with Crippen LogP contribution < -0.4 is 26.0 Å². The average molecular weight is 536 g/mol. The Labute approximate surface area is 220 Å². The molecule has 38 heavy (non-hydrogen) atoms. The van der Waals surface area contributed by atoms with Gasteiger partial charge < -0.3 is 25.8 Å². The minimum Gasteiger partial charge on any atom is -0.369 e. The monoisotopic (exact) mass is 535 g/mol. The number of hydrogen-bond donors (Lipinski definition) is 4. The van der Waals surface area contributed by atoms with Crippen molar-refractivity contribution in [3.05, 3.63) is 66.1 Å².